The van der Waals surface area contributed by atoms with Gasteiger partial charge in [0.15, 0.2) is 0 Å². The van der Waals surface area contributed by atoms with Crippen LogP contribution in [0.3, 0.4) is 0 Å². The Balaban J connectivity index is 1.65. The summed E-state index contributed by atoms with van der Waals surface area (Å²) in [5.74, 6) is 0.631. The van der Waals surface area contributed by atoms with Crippen LogP contribution in [0, 0.1) is 12.8 Å². The number of aryl methyl sites for hydroxylation is 1. The third-order valence-corrected chi connectivity index (χ3v) is 6.70. The van der Waals surface area contributed by atoms with E-state index in [0.29, 0.717) is 5.92 Å². The third kappa shape index (κ3) is 2.33. The summed E-state index contributed by atoms with van der Waals surface area (Å²) in [7, 11) is -3.75. The van der Waals surface area contributed by atoms with Gasteiger partial charge in [-0.2, -0.15) is 8.42 Å². The first-order valence-electron chi connectivity index (χ1n) is 8.22. The summed E-state index contributed by atoms with van der Waals surface area (Å²) in [5.41, 5.74) is 3.55. The summed E-state index contributed by atoms with van der Waals surface area (Å²) in [4.78, 5) is 0.222. The second kappa shape index (κ2) is 5.57. The van der Waals surface area contributed by atoms with E-state index in [2.05, 4.69) is 18.7 Å². The van der Waals surface area contributed by atoms with E-state index >= 15 is 0 Å². The minimum Gasteiger partial charge on any atom is -0.262 e. The minimum absolute atomic E-state index is 0.0731. The van der Waals surface area contributed by atoms with Gasteiger partial charge in [-0.3, -0.25) is 4.18 Å². The molecule has 3 nitrogen and oxygen atoms in total. The highest BCUT2D eigenvalue weighted by Gasteiger charge is 2.52. The Morgan fingerprint density at radius 2 is 1.75 bits per heavy atom. The van der Waals surface area contributed by atoms with Gasteiger partial charge in [0.2, 0.25) is 0 Å². The average Bonchev–Trinajstić information content (AvgIpc) is 3.07. The molecule has 0 aromatic heterocycles. The Labute approximate surface area is 143 Å². The van der Waals surface area contributed by atoms with Crippen LogP contribution in [0.5, 0.6) is 0 Å². The fourth-order valence-electron chi connectivity index (χ4n) is 4.28. The summed E-state index contributed by atoms with van der Waals surface area (Å²) in [6.07, 6.45) is 2.36. The molecule has 0 unspecified atom stereocenters. The Morgan fingerprint density at radius 1 is 1.08 bits per heavy atom. The van der Waals surface area contributed by atoms with Crippen molar-refractivity contribution < 1.29 is 12.6 Å². The zero-order valence-electron chi connectivity index (χ0n) is 13.6. The molecule has 2 aromatic carbocycles. The Kier molecular flexibility index (Phi) is 3.62. The van der Waals surface area contributed by atoms with E-state index in [4.69, 9.17) is 4.18 Å². The van der Waals surface area contributed by atoms with E-state index in [1.165, 1.54) is 11.1 Å². The largest absolute Gasteiger partial charge is 0.297 e. The van der Waals surface area contributed by atoms with Crippen molar-refractivity contribution in [1.82, 2.24) is 0 Å². The Hall–Kier alpha value is -1.91. The molecule has 2 aliphatic carbocycles. The molecule has 4 rings (SSSR count). The molecule has 4 heteroatoms. The van der Waals surface area contributed by atoms with Crippen molar-refractivity contribution in [3.8, 4) is 0 Å². The van der Waals surface area contributed by atoms with E-state index in [9.17, 15) is 8.42 Å². The van der Waals surface area contributed by atoms with Crippen LogP contribution in [0.1, 0.15) is 34.9 Å². The van der Waals surface area contributed by atoms with Gasteiger partial charge in [0.25, 0.3) is 10.1 Å². The van der Waals surface area contributed by atoms with Crippen LogP contribution in [0.15, 0.2) is 66.1 Å². The monoisotopic (exact) mass is 340 g/mol. The van der Waals surface area contributed by atoms with Crippen LogP contribution < -0.4 is 0 Å². The van der Waals surface area contributed by atoms with Gasteiger partial charge >= 0.3 is 0 Å². The first-order valence-corrected chi connectivity index (χ1v) is 9.63. The maximum atomic E-state index is 12.6. The Bertz CT molecular complexity index is 883. The zero-order chi connectivity index (χ0) is 16.9. The fourth-order valence-corrected chi connectivity index (χ4v) is 5.38. The molecule has 2 aromatic rings. The van der Waals surface area contributed by atoms with Gasteiger partial charge in [0.1, 0.15) is 0 Å². The Morgan fingerprint density at radius 3 is 2.42 bits per heavy atom. The summed E-state index contributed by atoms with van der Waals surface area (Å²) in [5, 5.41) is 0. The lowest BCUT2D eigenvalue weighted by Gasteiger charge is -2.24. The summed E-state index contributed by atoms with van der Waals surface area (Å²) >= 11 is 0. The minimum atomic E-state index is -3.75. The molecule has 0 radical (unpaired) electrons. The molecule has 2 aliphatic rings. The van der Waals surface area contributed by atoms with Crippen LogP contribution >= 0.6 is 0 Å². The molecule has 1 fully saturated rings. The van der Waals surface area contributed by atoms with Gasteiger partial charge in [-0.25, -0.2) is 0 Å². The molecule has 1 saturated carbocycles. The molecule has 0 N–H and O–H groups in total. The summed E-state index contributed by atoms with van der Waals surface area (Å²) in [6, 6.07) is 15.1. The number of hydrogen-bond acceptors (Lipinski definition) is 3. The lowest BCUT2D eigenvalue weighted by atomic mass is 9.90. The predicted molar refractivity (Wildman–Crippen MR) is 93.5 cm³/mol. The molecule has 124 valence electrons. The van der Waals surface area contributed by atoms with Crippen molar-refractivity contribution in [3.63, 3.8) is 0 Å². The standard InChI is InChI=1S/C20H20O3S/c1-3-15-18-12-19(20(15)17-7-5-4-6-16(17)18)23-24(21,22)14-10-8-13(2)9-11-14/h3-11,15,18-20H,1,12H2,2H3/t15-,18-,19+,20+/m1/s1. The maximum absolute atomic E-state index is 12.6. The third-order valence-electron chi connectivity index (χ3n) is 5.35. The molecule has 0 heterocycles. The van der Waals surface area contributed by atoms with Gasteiger partial charge in [-0.05, 0) is 48.4 Å². The molecule has 0 spiro atoms. The quantitative estimate of drug-likeness (QED) is 0.620. The van der Waals surface area contributed by atoms with Crippen molar-refractivity contribution in [2.75, 3.05) is 0 Å². The topological polar surface area (TPSA) is 43.4 Å². The van der Waals surface area contributed by atoms with Gasteiger partial charge in [-0.1, -0.05) is 48.0 Å². The second-order valence-corrected chi connectivity index (χ2v) is 8.28. The average molecular weight is 340 g/mol. The summed E-state index contributed by atoms with van der Waals surface area (Å²) in [6.45, 7) is 5.89. The van der Waals surface area contributed by atoms with E-state index < -0.39 is 10.1 Å². The van der Waals surface area contributed by atoms with E-state index in [0.717, 1.165) is 12.0 Å². The maximum Gasteiger partial charge on any atom is 0.297 e. The van der Waals surface area contributed by atoms with E-state index in [1.807, 2.05) is 25.1 Å². The van der Waals surface area contributed by atoms with Crippen molar-refractivity contribution in [2.45, 2.75) is 36.2 Å². The van der Waals surface area contributed by atoms with Crippen LogP contribution in [-0.2, 0) is 14.3 Å². The number of rotatable bonds is 4. The van der Waals surface area contributed by atoms with Crippen molar-refractivity contribution >= 4 is 10.1 Å². The molecule has 4 atom stereocenters. The zero-order valence-corrected chi connectivity index (χ0v) is 14.4. The SMILES string of the molecule is C=C[C@H]1[C@H]2c3ccccc3[C@@H]1C[C@@H]2OS(=O)(=O)c1ccc(C)cc1. The molecular weight excluding hydrogens is 320 g/mol. The highest BCUT2D eigenvalue weighted by molar-refractivity contribution is 7.86. The molecule has 0 amide bonds. The molecule has 24 heavy (non-hydrogen) atoms. The first-order chi connectivity index (χ1) is 11.5. The van der Waals surface area contributed by atoms with E-state index in [-0.39, 0.29) is 22.8 Å². The first kappa shape index (κ1) is 15.6. The highest BCUT2D eigenvalue weighted by Crippen LogP contribution is 2.58. The van der Waals surface area contributed by atoms with Crippen molar-refractivity contribution in [2.24, 2.45) is 5.92 Å². The van der Waals surface area contributed by atoms with Gasteiger partial charge in [0.05, 0.1) is 11.0 Å². The number of hydrogen-bond donors (Lipinski definition) is 0. The van der Waals surface area contributed by atoms with Crippen molar-refractivity contribution in [1.29, 1.82) is 0 Å². The van der Waals surface area contributed by atoms with Crippen LogP contribution in [0.25, 0.3) is 0 Å². The molecule has 0 aliphatic heterocycles. The van der Waals surface area contributed by atoms with Gasteiger partial charge in [-0.15, -0.1) is 6.58 Å². The van der Waals surface area contributed by atoms with Crippen LogP contribution in [0.2, 0.25) is 0 Å². The van der Waals surface area contributed by atoms with Gasteiger partial charge in [0, 0.05) is 5.92 Å². The molecular formula is C20H20O3S. The lowest BCUT2D eigenvalue weighted by Crippen LogP contribution is -2.24. The van der Waals surface area contributed by atoms with Gasteiger partial charge < -0.3 is 0 Å². The summed E-state index contributed by atoms with van der Waals surface area (Å²) < 4.78 is 30.9. The van der Waals surface area contributed by atoms with Crippen LogP contribution in [-0.4, -0.2) is 14.5 Å². The molecule has 0 saturated heterocycles. The second-order valence-electron chi connectivity index (χ2n) is 6.71. The number of allylic oxidation sites excluding steroid dienone is 1. The fraction of sp³-hybridized carbons (Fsp3) is 0.300. The van der Waals surface area contributed by atoms with Crippen LogP contribution in [0.4, 0.5) is 0 Å². The molecule has 2 bridgehead atoms. The number of benzene rings is 2. The number of fused-ring (bicyclic) bond motifs is 5. The predicted octanol–water partition coefficient (Wildman–Crippen LogP) is 4.16. The van der Waals surface area contributed by atoms with Crippen molar-refractivity contribution in [3.05, 3.63) is 77.9 Å². The van der Waals surface area contributed by atoms with E-state index in [1.54, 1.807) is 24.3 Å². The smallest absolute Gasteiger partial charge is 0.262 e. The lowest BCUT2D eigenvalue weighted by molar-refractivity contribution is 0.189. The normalized spacial score (nSPS) is 27.9. The highest BCUT2D eigenvalue weighted by atomic mass is 32.2.